The third-order valence-electron chi connectivity index (χ3n) is 4.80. The molecule has 2 aromatic rings. The van der Waals surface area contributed by atoms with Crippen molar-refractivity contribution in [3.05, 3.63) is 76.8 Å². The van der Waals surface area contributed by atoms with Crippen LogP contribution in [0.2, 0.25) is 0 Å². The molecule has 1 fully saturated rings. The average molecular weight is 322 g/mol. The highest BCUT2D eigenvalue weighted by Crippen LogP contribution is 2.28. The van der Waals surface area contributed by atoms with Gasteiger partial charge in [-0.05, 0) is 61.8 Å². The summed E-state index contributed by atoms with van der Waals surface area (Å²) in [6.45, 7) is 0. The number of nitrogens with zero attached hydrogens (tertiary/aromatic N) is 1. The maximum absolute atomic E-state index is 10.1. The minimum atomic E-state index is -0.473. The molecule has 0 radical (unpaired) electrons. The molecule has 1 saturated carbocycles. The van der Waals surface area contributed by atoms with Gasteiger partial charge in [0.15, 0.2) is 0 Å². The zero-order valence-corrected chi connectivity index (χ0v) is 14.1. The van der Waals surface area contributed by atoms with Gasteiger partial charge in [0.25, 0.3) is 0 Å². The van der Waals surface area contributed by atoms with Gasteiger partial charge in [-0.1, -0.05) is 35.9 Å². The largest absolute Gasteiger partial charge is 0.402 e. The van der Waals surface area contributed by atoms with Crippen molar-refractivity contribution in [3.8, 4) is 0 Å². The zero-order chi connectivity index (χ0) is 16.8. The minimum absolute atomic E-state index is 0.473. The van der Waals surface area contributed by atoms with Gasteiger partial charge in [-0.25, -0.2) is 0 Å². The Morgan fingerprint density at radius 2 is 1.83 bits per heavy atom. The van der Waals surface area contributed by atoms with E-state index in [1.165, 1.54) is 36.0 Å². The summed E-state index contributed by atoms with van der Waals surface area (Å²) in [5.74, 6) is 0. The molecule has 0 amide bonds. The number of hydrogen-bond acceptors (Lipinski definition) is 3. The predicted octanol–water partition coefficient (Wildman–Crippen LogP) is 4.08. The molecule has 1 heterocycles. The number of aliphatic hydroxyl groups excluding tert-OH is 1. The molecular weight excluding hydrogens is 296 g/mol. The molecule has 24 heavy (non-hydrogen) atoms. The first kappa shape index (κ1) is 16.7. The Morgan fingerprint density at radius 1 is 1.08 bits per heavy atom. The van der Waals surface area contributed by atoms with Crippen molar-refractivity contribution in [2.45, 2.75) is 51.0 Å². The van der Waals surface area contributed by atoms with Gasteiger partial charge in [-0.15, -0.1) is 0 Å². The summed E-state index contributed by atoms with van der Waals surface area (Å²) in [7, 11) is 0. The van der Waals surface area contributed by atoms with Crippen LogP contribution < -0.4 is 5.73 Å². The number of hydrogen-bond donors (Lipinski definition) is 2. The van der Waals surface area contributed by atoms with Gasteiger partial charge < -0.3 is 10.8 Å². The lowest BCUT2D eigenvalue weighted by Gasteiger charge is -2.19. The highest BCUT2D eigenvalue weighted by Gasteiger charge is 2.12. The van der Waals surface area contributed by atoms with Gasteiger partial charge in [0, 0.05) is 18.3 Å². The number of aliphatic hydroxyl groups is 1. The maximum atomic E-state index is 10.1. The maximum Gasteiger partial charge on any atom is 0.0959 e. The van der Waals surface area contributed by atoms with Crippen LogP contribution in [0.1, 0.15) is 55.0 Å². The van der Waals surface area contributed by atoms with Gasteiger partial charge >= 0.3 is 0 Å². The molecule has 3 nitrogen and oxygen atoms in total. The molecule has 1 unspecified atom stereocenters. The van der Waals surface area contributed by atoms with Gasteiger partial charge in [0.2, 0.25) is 0 Å². The van der Waals surface area contributed by atoms with Gasteiger partial charge in [-0.3, -0.25) is 4.98 Å². The van der Waals surface area contributed by atoms with Crippen molar-refractivity contribution >= 4 is 0 Å². The minimum Gasteiger partial charge on any atom is -0.402 e. The third-order valence-corrected chi connectivity index (χ3v) is 4.80. The molecule has 1 aliphatic rings. The van der Waals surface area contributed by atoms with E-state index >= 15 is 0 Å². The van der Waals surface area contributed by atoms with Crippen molar-refractivity contribution in [1.82, 2.24) is 4.98 Å². The van der Waals surface area contributed by atoms with Crippen LogP contribution in [0.4, 0.5) is 0 Å². The Kier molecular flexibility index (Phi) is 5.65. The van der Waals surface area contributed by atoms with Gasteiger partial charge in [0.1, 0.15) is 0 Å². The van der Waals surface area contributed by atoms with E-state index in [0.717, 1.165) is 37.1 Å². The summed E-state index contributed by atoms with van der Waals surface area (Å²) in [4.78, 5) is 4.20. The smallest absolute Gasteiger partial charge is 0.0959 e. The van der Waals surface area contributed by atoms with Crippen LogP contribution in [-0.4, -0.2) is 10.1 Å². The summed E-state index contributed by atoms with van der Waals surface area (Å²) >= 11 is 0. The Hall–Kier alpha value is -2.13. The number of nitrogens with two attached hydrogens (primary N) is 1. The van der Waals surface area contributed by atoms with E-state index < -0.39 is 6.10 Å². The molecular formula is C21H26N2O. The molecule has 1 atom stereocenters. The fourth-order valence-corrected chi connectivity index (χ4v) is 3.06. The Balaban J connectivity index is 1.46. The monoisotopic (exact) mass is 322 g/mol. The van der Waals surface area contributed by atoms with Crippen LogP contribution >= 0.6 is 0 Å². The van der Waals surface area contributed by atoms with Crippen molar-refractivity contribution < 1.29 is 5.11 Å². The first-order valence-corrected chi connectivity index (χ1v) is 8.85. The first-order chi connectivity index (χ1) is 11.7. The number of aryl methyl sites for hydroxylation is 1. The first-order valence-electron chi connectivity index (χ1n) is 8.85. The molecule has 1 aliphatic carbocycles. The normalized spacial score (nSPS) is 15.0. The fraction of sp³-hybridized carbons (Fsp3) is 0.381. The van der Waals surface area contributed by atoms with E-state index in [1.807, 2.05) is 18.2 Å². The molecule has 126 valence electrons. The molecule has 3 N–H and O–H groups in total. The average Bonchev–Trinajstić information content (AvgIpc) is 2.55. The quantitative estimate of drug-likeness (QED) is 0.807. The highest BCUT2D eigenvalue weighted by molar-refractivity contribution is 5.28. The van der Waals surface area contributed by atoms with Crippen LogP contribution in [-0.2, 0) is 12.8 Å². The van der Waals surface area contributed by atoms with Crippen molar-refractivity contribution in [3.63, 3.8) is 0 Å². The zero-order valence-electron chi connectivity index (χ0n) is 14.1. The molecule has 0 aliphatic heterocycles. The van der Waals surface area contributed by atoms with Crippen LogP contribution in [0.25, 0.3) is 0 Å². The van der Waals surface area contributed by atoms with E-state index in [1.54, 1.807) is 6.20 Å². The Labute approximate surface area is 144 Å². The topological polar surface area (TPSA) is 59.1 Å². The van der Waals surface area contributed by atoms with Crippen molar-refractivity contribution in [1.29, 1.82) is 0 Å². The van der Waals surface area contributed by atoms with Gasteiger partial charge in [0.05, 0.1) is 11.8 Å². The molecule has 0 spiro atoms. The number of rotatable bonds is 7. The summed E-state index contributed by atoms with van der Waals surface area (Å²) in [6, 6.07) is 14.4. The number of benzene rings is 1. The number of allylic oxidation sites excluding steroid dienone is 2. The SMILES string of the molecule is NC(Cc1ccc(CCCC(O)c2ccccn2)cc1)=C1CCC1. The van der Waals surface area contributed by atoms with E-state index in [9.17, 15) is 5.11 Å². The lowest BCUT2D eigenvalue weighted by atomic mass is 9.89. The van der Waals surface area contributed by atoms with E-state index in [4.69, 9.17) is 5.73 Å². The fourth-order valence-electron chi connectivity index (χ4n) is 3.06. The second-order valence-corrected chi connectivity index (χ2v) is 6.64. The molecule has 1 aromatic carbocycles. The molecule has 3 heteroatoms. The second-order valence-electron chi connectivity index (χ2n) is 6.64. The lowest BCUT2D eigenvalue weighted by Crippen LogP contribution is -2.11. The van der Waals surface area contributed by atoms with Gasteiger partial charge in [-0.2, -0.15) is 0 Å². The summed E-state index contributed by atoms with van der Waals surface area (Å²) < 4.78 is 0. The Bertz CT molecular complexity index is 671. The summed E-state index contributed by atoms with van der Waals surface area (Å²) in [6.07, 6.45) is 8.43. The second kappa shape index (κ2) is 8.11. The highest BCUT2D eigenvalue weighted by atomic mass is 16.3. The number of aromatic nitrogens is 1. The molecule has 1 aromatic heterocycles. The molecule has 0 saturated heterocycles. The predicted molar refractivity (Wildman–Crippen MR) is 97.3 cm³/mol. The summed E-state index contributed by atoms with van der Waals surface area (Å²) in [5.41, 5.74) is 12.0. The van der Waals surface area contributed by atoms with E-state index in [-0.39, 0.29) is 0 Å². The number of pyridine rings is 1. The van der Waals surface area contributed by atoms with E-state index in [2.05, 4.69) is 29.2 Å². The summed E-state index contributed by atoms with van der Waals surface area (Å²) in [5, 5.41) is 10.1. The standard InChI is InChI=1S/C21H26N2O/c22-19(18-6-4-7-18)15-17-12-10-16(11-13-17)5-3-9-21(24)20-8-1-2-14-23-20/h1-2,8,10-14,21,24H,3-7,9,15,22H2. The Morgan fingerprint density at radius 3 is 2.46 bits per heavy atom. The van der Waals surface area contributed by atoms with Crippen LogP contribution in [0.3, 0.4) is 0 Å². The molecule has 3 rings (SSSR count). The molecule has 0 bridgehead atoms. The lowest BCUT2D eigenvalue weighted by molar-refractivity contribution is 0.160. The van der Waals surface area contributed by atoms with Crippen LogP contribution in [0, 0.1) is 0 Å². The third kappa shape index (κ3) is 4.45. The van der Waals surface area contributed by atoms with Crippen LogP contribution in [0.5, 0.6) is 0 Å². The van der Waals surface area contributed by atoms with Crippen molar-refractivity contribution in [2.24, 2.45) is 5.73 Å². The van der Waals surface area contributed by atoms with Crippen LogP contribution in [0.15, 0.2) is 59.9 Å². The van der Waals surface area contributed by atoms with Crippen molar-refractivity contribution in [2.75, 3.05) is 0 Å². The van der Waals surface area contributed by atoms with E-state index in [0.29, 0.717) is 0 Å².